The molecule has 0 spiro atoms. The molecule has 3 heteroatoms. The van der Waals surface area contributed by atoms with E-state index in [0.717, 1.165) is 21.9 Å². The van der Waals surface area contributed by atoms with Crippen molar-refractivity contribution < 1.29 is 4.79 Å². The molecule has 16 heavy (non-hydrogen) atoms. The van der Waals surface area contributed by atoms with E-state index < -0.39 is 0 Å². The van der Waals surface area contributed by atoms with E-state index >= 15 is 0 Å². The highest BCUT2D eigenvalue weighted by atomic mass is 35.5. The van der Waals surface area contributed by atoms with E-state index in [1.54, 1.807) is 0 Å². The van der Waals surface area contributed by atoms with Crippen molar-refractivity contribution in [1.29, 1.82) is 0 Å². The lowest BCUT2D eigenvalue weighted by atomic mass is 9.93. The summed E-state index contributed by atoms with van der Waals surface area (Å²) in [4.78, 5) is 12.0. The standard InChI is InChI=1S/C13H10ClNO/c14-15-7-10-6-5-9-3-1-2-4-11(9)13(10)12(16)8-15/h1-6H,7-8H2. The van der Waals surface area contributed by atoms with Gasteiger partial charge in [-0.05, 0) is 28.1 Å². The van der Waals surface area contributed by atoms with E-state index in [1.165, 1.54) is 4.42 Å². The predicted octanol–water partition coefficient (Wildman–Crippen LogP) is 2.99. The fourth-order valence-corrected chi connectivity index (χ4v) is 2.49. The van der Waals surface area contributed by atoms with Gasteiger partial charge in [-0.1, -0.05) is 36.4 Å². The van der Waals surface area contributed by atoms with Gasteiger partial charge in [0.05, 0.1) is 6.54 Å². The zero-order chi connectivity index (χ0) is 11.1. The van der Waals surface area contributed by atoms with E-state index in [-0.39, 0.29) is 5.78 Å². The van der Waals surface area contributed by atoms with E-state index in [0.29, 0.717) is 13.1 Å². The monoisotopic (exact) mass is 231 g/mol. The number of benzene rings is 2. The number of carbonyl (C=O) groups excluding carboxylic acids is 1. The third-order valence-corrected chi connectivity index (χ3v) is 3.19. The maximum atomic E-state index is 12.0. The molecule has 0 amide bonds. The quantitative estimate of drug-likeness (QED) is 0.650. The molecule has 0 aromatic heterocycles. The summed E-state index contributed by atoms with van der Waals surface area (Å²) in [5, 5.41) is 2.15. The molecule has 0 unspecified atom stereocenters. The summed E-state index contributed by atoms with van der Waals surface area (Å²) in [6.07, 6.45) is 0. The smallest absolute Gasteiger partial charge is 0.179 e. The molecule has 0 saturated heterocycles. The summed E-state index contributed by atoms with van der Waals surface area (Å²) >= 11 is 5.90. The second-order valence-electron chi connectivity index (χ2n) is 4.02. The van der Waals surface area contributed by atoms with Gasteiger partial charge in [-0.15, -0.1) is 0 Å². The first-order valence-electron chi connectivity index (χ1n) is 5.20. The van der Waals surface area contributed by atoms with Crippen LogP contribution in [-0.4, -0.2) is 16.7 Å². The number of hydrogen-bond acceptors (Lipinski definition) is 2. The first-order valence-corrected chi connectivity index (χ1v) is 5.54. The average molecular weight is 232 g/mol. The molecule has 80 valence electrons. The maximum absolute atomic E-state index is 12.0. The summed E-state index contributed by atoms with van der Waals surface area (Å²) in [5.74, 6) is 0.105. The highest BCUT2D eigenvalue weighted by molar-refractivity contribution is 6.18. The van der Waals surface area contributed by atoms with Crippen LogP contribution in [0.5, 0.6) is 0 Å². The largest absolute Gasteiger partial charge is 0.293 e. The first-order chi connectivity index (χ1) is 7.75. The van der Waals surface area contributed by atoms with Gasteiger partial charge >= 0.3 is 0 Å². The van der Waals surface area contributed by atoms with Crippen molar-refractivity contribution in [2.24, 2.45) is 0 Å². The Morgan fingerprint density at radius 3 is 2.75 bits per heavy atom. The van der Waals surface area contributed by atoms with Crippen LogP contribution in [0.2, 0.25) is 0 Å². The Hall–Kier alpha value is -1.38. The van der Waals surface area contributed by atoms with Crippen LogP contribution in [0.25, 0.3) is 10.8 Å². The van der Waals surface area contributed by atoms with Crippen LogP contribution >= 0.6 is 11.8 Å². The molecular formula is C13H10ClNO. The van der Waals surface area contributed by atoms with Gasteiger partial charge in [0.15, 0.2) is 5.78 Å². The maximum Gasteiger partial charge on any atom is 0.179 e. The molecule has 0 N–H and O–H groups in total. The number of fused-ring (bicyclic) bond motifs is 3. The summed E-state index contributed by atoms with van der Waals surface area (Å²) < 4.78 is 1.53. The van der Waals surface area contributed by atoms with Gasteiger partial charge in [0.25, 0.3) is 0 Å². The van der Waals surface area contributed by atoms with E-state index in [9.17, 15) is 4.79 Å². The van der Waals surface area contributed by atoms with Crippen molar-refractivity contribution in [1.82, 2.24) is 4.42 Å². The summed E-state index contributed by atoms with van der Waals surface area (Å²) in [6, 6.07) is 12.0. The zero-order valence-electron chi connectivity index (χ0n) is 8.61. The second-order valence-corrected chi connectivity index (χ2v) is 4.50. The molecule has 0 saturated carbocycles. The van der Waals surface area contributed by atoms with E-state index in [4.69, 9.17) is 11.8 Å². The number of halogens is 1. The fourth-order valence-electron chi connectivity index (χ4n) is 2.25. The number of ketones is 1. The normalized spacial score (nSPS) is 16.4. The number of nitrogens with zero attached hydrogens (tertiary/aromatic N) is 1. The van der Waals surface area contributed by atoms with Crippen molar-refractivity contribution in [3.63, 3.8) is 0 Å². The molecule has 1 heterocycles. The van der Waals surface area contributed by atoms with E-state index in [1.807, 2.05) is 36.4 Å². The van der Waals surface area contributed by atoms with Crippen LogP contribution in [0, 0.1) is 0 Å². The minimum Gasteiger partial charge on any atom is -0.293 e. The Morgan fingerprint density at radius 2 is 1.88 bits per heavy atom. The Balaban J connectivity index is 2.33. The van der Waals surface area contributed by atoms with Crippen molar-refractivity contribution in [3.8, 4) is 0 Å². The molecule has 2 aromatic rings. The number of Topliss-reactive ketones (excluding diaryl/α,β-unsaturated/α-hetero) is 1. The van der Waals surface area contributed by atoms with E-state index in [2.05, 4.69) is 0 Å². The van der Waals surface area contributed by atoms with Crippen LogP contribution in [0.1, 0.15) is 15.9 Å². The minimum atomic E-state index is 0.105. The summed E-state index contributed by atoms with van der Waals surface area (Å²) in [7, 11) is 0. The molecule has 0 bridgehead atoms. The Bertz CT molecular complexity index is 579. The van der Waals surface area contributed by atoms with Gasteiger partial charge in [0.2, 0.25) is 0 Å². The number of hydrogen-bond donors (Lipinski definition) is 0. The van der Waals surface area contributed by atoms with Crippen LogP contribution < -0.4 is 0 Å². The predicted molar refractivity (Wildman–Crippen MR) is 64.5 cm³/mol. The molecule has 1 aliphatic heterocycles. The third-order valence-electron chi connectivity index (χ3n) is 2.95. The van der Waals surface area contributed by atoms with Gasteiger partial charge in [0, 0.05) is 12.1 Å². The molecule has 2 aromatic carbocycles. The number of rotatable bonds is 0. The van der Waals surface area contributed by atoms with Gasteiger partial charge in [-0.25, -0.2) is 4.42 Å². The lowest BCUT2D eigenvalue weighted by molar-refractivity contribution is 0.0954. The highest BCUT2D eigenvalue weighted by Gasteiger charge is 2.23. The lowest BCUT2D eigenvalue weighted by Crippen LogP contribution is -2.28. The van der Waals surface area contributed by atoms with Crippen LogP contribution in [-0.2, 0) is 6.54 Å². The van der Waals surface area contributed by atoms with Gasteiger partial charge < -0.3 is 0 Å². The number of carbonyl (C=O) groups is 1. The Labute approximate surface area is 98.5 Å². The Morgan fingerprint density at radius 1 is 1.06 bits per heavy atom. The summed E-state index contributed by atoms with van der Waals surface area (Å²) in [6.45, 7) is 0.927. The zero-order valence-corrected chi connectivity index (χ0v) is 9.37. The summed E-state index contributed by atoms with van der Waals surface area (Å²) in [5.41, 5.74) is 1.86. The SMILES string of the molecule is O=C1CN(Cl)Cc2ccc3ccccc3c21. The molecule has 0 aliphatic carbocycles. The second kappa shape index (κ2) is 3.58. The van der Waals surface area contributed by atoms with Gasteiger partial charge in [-0.3, -0.25) is 4.79 Å². The lowest BCUT2D eigenvalue weighted by Gasteiger charge is -2.22. The van der Waals surface area contributed by atoms with Crippen LogP contribution in [0.15, 0.2) is 36.4 Å². The fraction of sp³-hybridized carbons (Fsp3) is 0.154. The third kappa shape index (κ3) is 1.42. The van der Waals surface area contributed by atoms with Gasteiger partial charge in [0.1, 0.15) is 0 Å². The van der Waals surface area contributed by atoms with Crippen molar-refractivity contribution in [2.75, 3.05) is 6.54 Å². The van der Waals surface area contributed by atoms with Crippen molar-refractivity contribution in [2.45, 2.75) is 6.54 Å². The highest BCUT2D eigenvalue weighted by Crippen LogP contribution is 2.27. The molecule has 3 rings (SSSR count). The van der Waals surface area contributed by atoms with Crippen LogP contribution in [0.3, 0.4) is 0 Å². The molecule has 2 nitrogen and oxygen atoms in total. The van der Waals surface area contributed by atoms with Crippen molar-refractivity contribution >= 4 is 28.3 Å². The molecule has 0 atom stereocenters. The minimum absolute atomic E-state index is 0.105. The van der Waals surface area contributed by atoms with Crippen molar-refractivity contribution in [3.05, 3.63) is 47.5 Å². The first kappa shape index (κ1) is 9.82. The topological polar surface area (TPSA) is 20.3 Å². The van der Waals surface area contributed by atoms with Crippen LogP contribution in [0.4, 0.5) is 0 Å². The Kier molecular flexibility index (Phi) is 2.20. The molecule has 1 aliphatic rings. The average Bonchev–Trinajstić information content (AvgIpc) is 2.28. The van der Waals surface area contributed by atoms with Gasteiger partial charge in [-0.2, -0.15) is 0 Å². The molecule has 0 fully saturated rings. The molecular weight excluding hydrogens is 222 g/mol. The molecule has 0 radical (unpaired) electrons.